The SMILES string of the molecule is O=C(O)c1cc(C(=O)O)cc(S(=O)(=O)OCC(O)O)c1.[NaH]. The van der Waals surface area contributed by atoms with Gasteiger partial charge in [0.15, 0.2) is 6.29 Å². The normalized spacial score (nSPS) is 11.0. The predicted molar refractivity (Wildman–Crippen MR) is 68.9 cm³/mol. The number of aliphatic hydroxyl groups is 2. The molecule has 0 aliphatic heterocycles. The standard InChI is InChI=1S/C10H10O9S.Na.H/c11-8(12)4-19-20(17,18)7-2-5(9(13)14)1-6(3-7)10(15)16;;/h1-3,8,11-12H,4H2,(H,13,14)(H,15,16);;. The Bertz CT molecular complexity index is 606. The van der Waals surface area contributed by atoms with Crippen LogP contribution in [0.4, 0.5) is 0 Å². The first-order valence-electron chi connectivity index (χ1n) is 5.00. The van der Waals surface area contributed by atoms with Gasteiger partial charge >= 0.3 is 41.5 Å². The van der Waals surface area contributed by atoms with Gasteiger partial charge in [-0.05, 0) is 18.2 Å². The molecule has 1 aromatic carbocycles. The minimum atomic E-state index is -4.51. The molecule has 0 aliphatic rings. The van der Waals surface area contributed by atoms with Crippen LogP contribution in [-0.2, 0) is 14.3 Å². The van der Waals surface area contributed by atoms with Crippen molar-refractivity contribution in [2.45, 2.75) is 11.2 Å². The number of hydrogen-bond acceptors (Lipinski definition) is 7. The predicted octanol–water partition coefficient (Wildman–Crippen LogP) is -1.55. The van der Waals surface area contributed by atoms with Gasteiger partial charge in [0.25, 0.3) is 10.1 Å². The molecule has 0 saturated carbocycles. The van der Waals surface area contributed by atoms with Crippen molar-refractivity contribution >= 4 is 51.6 Å². The van der Waals surface area contributed by atoms with Gasteiger partial charge < -0.3 is 20.4 Å². The van der Waals surface area contributed by atoms with E-state index in [0.29, 0.717) is 12.1 Å². The van der Waals surface area contributed by atoms with Gasteiger partial charge in [-0.25, -0.2) is 9.59 Å². The van der Waals surface area contributed by atoms with Gasteiger partial charge in [0, 0.05) is 0 Å². The van der Waals surface area contributed by atoms with Crippen molar-refractivity contribution in [1.29, 1.82) is 0 Å². The Kier molecular flexibility index (Phi) is 7.47. The van der Waals surface area contributed by atoms with Crippen LogP contribution in [0.5, 0.6) is 0 Å². The number of carboxylic acid groups (broad SMARTS) is 2. The molecule has 11 heteroatoms. The first-order valence-corrected chi connectivity index (χ1v) is 6.41. The summed E-state index contributed by atoms with van der Waals surface area (Å²) in [6.45, 7) is -0.970. The third-order valence-electron chi connectivity index (χ3n) is 2.06. The van der Waals surface area contributed by atoms with Crippen LogP contribution in [0.15, 0.2) is 23.1 Å². The molecule has 1 rings (SSSR count). The van der Waals surface area contributed by atoms with Crippen LogP contribution in [0.1, 0.15) is 20.7 Å². The fraction of sp³-hybridized carbons (Fsp3) is 0.200. The molecule has 0 unspecified atom stereocenters. The molecule has 0 atom stereocenters. The van der Waals surface area contributed by atoms with Crippen molar-refractivity contribution < 1.29 is 42.6 Å². The Balaban J connectivity index is 0.00000400. The molecule has 4 N–H and O–H groups in total. The Labute approximate surface area is 141 Å². The zero-order chi connectivity index (χ0) is 15.5. The Morgan fingerprint density at radius 1 is 1.05 bits per heavy atom. The molecule has 0 aromatic heterocycles. The summed E-state index contributed by atoms with van der Waals surface area (Å²) in [6.07, 6.45) is -2.05. The van der Waals surface area contributed by atoms with E-state index in [1.165, 1.54) is 0 Å². The van der Waals surface area contributed by atoms with Gasteiger partial charge in [-0.2, -0.15) is 8.42 Å². The molecule has 112 valence electrons. The quantitative estimate of drug-likeness (QED) is 0.275. The van der Waals surface area contributed by atoms with Crippen molar-refractivity contribution in [2.75, 3.05) is 6.61 Å². The van der Waals surface area contributed by atoms with Crippen LogP contribution >= 0.6 is 0 Å². The first kappa shape index (κ1) is 20.0. The number of rotatable bonds is 6. The molecular weight excluding hydrogens is 319 g/mol. The van der Waals surface area contributed by atoms with E-state index in [-0.39, 0.29) is 29.6 Å². The fourth-order valence-electron chi connectivity index (χ4n) is 1.21. The van der Waals surface area contributed by atoms with Crippen LogP contribution in [0.25, 0.3) is 0 Å². The number of hydrogen-bond donors (Lipinski definition) is 4. The minimum absolute atomic E-state index is 0. The van der Waals surface area contributed by atoms with E-state index in [1.807, 2.05) is 0 Å². The number of aliphatic hydroxyl groups excluding tert-OH is 1. The second-order valence-electron chi connectivity index (χ2n) is 3.58. The van der Waals surface area contributed by atoms with Crippen molar-refractivity contribution in [3.8, 4) is 0 Å². The Morgan fingerprint density at radius 2 is 1.48 bits per heavy atom. The molecule has 21 heavy (non-hydrogen) atoms. The average Bonchev–Trinajstić information content (AvgIpc) is 2.35. The average molecular weight is 330 g/mol. The molecule has 0 heterocycles. The van der Waals surface area contributed by atoms with Crippen LogP contribution < -0.4 is 0 Å². The Hall–Kier alpha value is -1.01. The monoisotopic (exact) mass is 330 g/mol. The van der Waals surface area contributed by atoms with Crippen molar-refractivity contribution in [3.05, 3.63) is 29.3 Å². The third-order valence-corrected chi connectivity index (χ3v) is 3.32. The van der Waals surface area contributed by atoms with Gasteiger partial charge in [-0.15, -0.1) is 0 Å². The fourth-order valence-corrected chi connectivity index (χ4v) is 2.19. The molecule has 0 bridgehead atoms. The number of benzene rings is 1. The van der Waals surface area contributed by atoms with Gasteiger partial charge in [-0.3, -0.25) is 4.18 Å². The summed E-state index contributed by atoms with van der Waals surface area (Å²) in [7, 11) is -4.51. The van der Waals surface area contributed by atoms with Crippen LogP contribution in [-0.4, -0.2) is 83.2 Å². The van der Waals surface area contributed by atoms with Gasteiger partial charge in [0.2, 0.25) is 0 Å². The van der Waals surface area contributed by atoms with E-state index in [1.54, 1.807) is 0 Å². The topological polar surface area (TPSA) is 158 Å². The molecular formula is C10H11NaO9S. The first-order chi connectivity index (χ1) is 9.13. The summed E-state index contributed by atoms with van der Waals surface area (Å²) in [6, 6.07) is 2.19. The van der Waals surface area contributed by atoms with Crippen molar-refractivity contribution in [1.82, 2.24) is 0 Å². The maximum atomic E-state index is 11.7. The summed E-state index contributed by atoms with van der Waals surface area (Å²) in [5.41, 5.74) is -1.12. The Morgan fingerprint density at radius 3 is 1.81 bits per heavy atom. The van der Waals surface area contributed by atoms with E-state index in [0.717, 1.165) is 6.07 Å². The molecule has 0 radical (unpaired) electrons. The molecule has 1 aromatic rings. The van der Waals surface area contributed by atoms with E-state index in [4.69, 9.17) is 20.4 Å². The van der Waals surface area contributed by atoms with E-state index >= 15 is 0 Å². The van der Waals surface area contributed by atoms with E-state index in [2.05, 4.69) is 4.18 Å². The number of carboxylic acids is 2. The summed E-state index contributed by atoms with van der Waals surface area (Å²) in [4.78, 5) is 20.9. The van der Waals surface area contributed by atoms with Gasteiger partial charge in [-0.1, -0.05) is 0 Å². The van der Waals surface area contributed by atoms with Crippen LogP contribution in [0.3, 0.4) is 0 Å². The van der Waals surface area contributed by atoms with Crippen LogP contribution in [0, 0.1) is 0 Å². The molecule has 0 spiro atoms. The van der Waals surface area contributed by atoms with Crippen molar-refractivity contribution in [3.63, 3.8) is 0 Å². The second kappa shape index (κ2) is 7.84. The summed E-state index contributed by atoms with van der Waals surface area (Å²) in [5.74, 6) is -3.04. The molecule has 0 saturated heterocycles. The molecule has 0 fully saturated rings. The van der Waals surface area contributed by atoms with Gasteiger partial charge in [0.05, 0.1) is 16.0 Å². The molecule has 9 nitrogen and oxygen atoms in total. The zero-order valence-electron chi connectivity index (χ0n) is 9.75. The van der Waals surface area contributed by atoms with E-state index in [9.17, 15) is 18.0 Å². The molecule has 0 aliphatic carbocycles. The summed E-state index contributed by atoms with van der Waals surface area (Å²) >= 11 is 0. The second-order valence-corrected chi connectivity index (χ2v) is 5.19. The van der Waals surface area contributed by atoms with Gasteiger partial charge in [0.1, 0.15) is 6.61 Å². The number of carbonyl (C=O) groups is 2. The maximum absolute atomic E-state index is 11.7. The van der Waals surface area contributed by atoms with Crippen LogP contribution in [0.2, 0.25) is 0 Å². The van der Waals surface area contributed by atoms with Crippen molar-refractivity contribution in [2.24, 2.45) is 0 Å². The summed E-state index contributed by atoms with van der Waals surface area (Å²) < 4.78 is 27.5. The third kappa shape index (κ3) is 5.71. The zero-order valence-corrected chi connectivity index (χ0v) is 10.6. The number of aromatic carboxylic acids is 2. The molecule has 0 amide bonds. The summed E-state index contributed by atoms with van der Waals surface area (Å²) in [5, 5.41) is 34.6. The van der Waals surface area contributed by atoms with E-state index < -0.39 is 51.0 Å².